The van der Waals surface area contributed by atoms with Gasteiger partial charge in [0.2, 0.25) is 0 Å². The summed E-state index contributed by atoms with van der Waals surface area (Å²) in [4.78, 5) is 0. The van der Waals surface area contributed by atoms with Crippen molar-refractivity contribution in [2.75, 3.05) is 13.2 Å². The van der Waals surface area contributed by atoms with Crippen molar-refractivity contribution < 1.29 is 53.6 Å². The van der Waals surface area contributed by atoms with Crippen molar-refractivity contribution in [3.8, 4) is 0 Å². The average molecular weight is 270 g/mol. The predicted octanol–water partition coefficient (Wildman–Crippen LogP) is -4.44. The van der Waals surface area contributed by atoms with E-state index in [1.54, 1.807) is 0 Å². The van der Waals surface area contributed by atoms with Crippen molar-refractivity contribution in [3.63, 3.8) is 0 Å². The molecule has 5 heteroatoms. The van der Waals surface area contributed by atoms with Crippen LogP contribution in [0.3, 0.4) is 0 Å². The number of halogens is 2. The van der Waals surface area contributed by atoms with Gasteiger partial charge >= 0.3 is 18.6 Å². The van der Waals surface area contributed by atoms with Crippen LogP contribution in [0.25, 0.3) is 0 Å². The van der Waals surface area contributed by atoms with Gasteiger partial charge in [-0.15, -0.1) is 0 Å². The maximum atomic E-state index is 8.07. The molecule has 13 heavy (non-hydrogen) atoms. The van der Waals surface area contributed by atoms with Crippen LogP contribution in [0, 0.1) is 0 Å². The van der Waals surface area contributed by atoms with Crippen LogP contribution in [0.4, 0.5) is 0 Å². The molecular weight excluding hydrogens is 250 g/mol. The number of rotatable bonds is 4. The minimum Gasteiger partial charge on any atom is -1.00 e. The number of hydrogen-bond donors (Lipinski definition) is 2. The Balaban J connectivity index is -0.0000000267. The van der Waals surface area contributed by atoms with Crippen molar-refractivity contribution >= 4 is 0 Å². The van der Waals surface area contributed by atoms with Gasteiger partial charge in [-0.1, -0.05) is 26.7 Å². The van der Waals surface area contributed by atoms with Crippen LogP contribution in [0.1, 0.15) is 39.5 Å². The van der Waals surface area contributed by atoms with Crippen LogP contribution in [0.15, 0.2) is 0 Å². The second-order valence-electron chi connectivity index (χ2n) is 2.15. The minimum atomic E-state index is 0. The Bertz CT molecular complexity index is 41.1. The smallest absolute Gasteiger partial charge is 1.00 e. The molecule has 0 aliphatic carbocycles. The fourth-order valence-electron chi connectivity index (χ4n) is 0.316. The van der Waals surface area contributed by atoms with Crippen LogP contribution >= 0.6 is 0 Å². The van der Waals surface area contributed by atoms with Gasteiger partial charge in [0, 0.05) is 13.2 Å². The zero-order valence-electron chi connectivity index (χ0n) is 8.34. The molecule has 0 heterocycles. The minimum absolute atomic E-state index is 0. The summed E-state index contributed by atoms with van der Waals surface area (Å²) < 4.78 is 0. The molecule has 0 unspecified atom stereocenters. The van der Waals surface area contributed by atoms with E-state index in [2.05, 4.69) is 13.8 Å². The van der Waals surface area contributed by atoms with Crippen molar-refractivity contribution in [1.29, 1.82) is 0 Å². The van der Waals surface area contributed by atoms with Gasteiger partial charge in [-0.3, -0.25) is 0 Å². The molecule has 2 nitrogen and oxygen atoms in total. The third-order valence-electron chi connectivity index (χ3n) is 1.02. The molecule has 0 aromatic heterocycles. The average Bonchev–Trinajstić information content (AvgIpc) is 1.93. The number of unbranched alkanes of at least 4 members (excludes halogenated alkanes) is 2. The quantitative estimate of drug-likeness (QED) is 0.541. The molecule has 0 aliphatic rings. The van der Waals surface area contributed by atoms with E-state index >= 15 is 0 Å². The molecular formula is C8H20Cl2O2V. The van der Waals surface area contributed by atoms with Gasteiger partial charge in [-0.2, -0.15) is 0 Å². The third kappa shape index (κ3) is 62.2. The summed E-state index contributed by atoms with van der Waals surface area (Å²) in [5, 5.41) is 16.1. The first-order valence-electron chi connectivity index (χ1n) is 4.05. The van der Waals surface area contributed by atoms with Gasteiger partial charge in [-0.05, 0) is 12.8 Å². The first kappa shape index (κ1) is 29.2. The van der Waals surface area contributed by atoms with Crippen molar-refractivity contribution in [1.82, 2.24) is 0 Å². The van der Waals surface area contributed by atoms with E-state index in [-0.39, 0.29) is 43.4 Å². The molecule has 0 aliphatic heterocycles. The maximum absolute atomic E-state index is 8.07. The van der Waals surface area contributed by atoms with Gasteiger partial charge in [0.15, 0.2) is 0 Å². The van der Waals surface area contributed by atoms with E-state index in [1.165, 1.54) is 0 Å². The van der Waals surface area contributed by atoms with Crippen molar-refractivity contribution in [2.45, 2.75) is 39.5 Å². The molecule has 0 aromatic carbocycles. The zero-order valence-corrected chi connectivity index (χ0v) is 11.2. The van der Waals surface area contributed by atoms with Crippen LogP contribution in [0.2, 0.25) is 0 Å². The molecule has 0 fully saturated rings. The van der Waals surface area contributed by atoms with Gasteiger partial charge in [0.1, 0.15) is 0 Å². The van der Waals surface area contributed by atoms with Gasteiger partial charge in [0.05, 0.1) is 0 Å². The Labute approximate surface area is 106 Å². The summed E-state index contributed by atoms with van der Waals surface area (Å²) in [7, 11) is 0. The fourth-order valence-corrected chi connectivity index (χ4v) is 0.316. The Kier molecular flexibility index (Phi) is 85.6. The zero-order chi connectivity index (χ0) is 8.24. The third-order valence-corrected chi connectivity index (χ3v) is 1.02. The summed E-state index contributed by atoms with van der Waals surface area (Å²) in [5.74, 6) is 0. The summed E-state index contributed by atoms with van der Waals surface area (Å²) in [6.45, 7) is 4.79. The topological polar surface area (TPSA) is 40.5 Å². The Morgan fingerprint density at radius 1 is 0.769 bits per heavy atom. The Hall–Kier alpha value is 1.08. The molecule has 0 saturated carbocycles. The maximum Gasteiger partial charge on any atom is 2.00 e. The van der Waals surface area contributed by atoms with Gasteiger partial charge in [-0.25, -0.2) is 0 Å². The van der Waals surface area contributed by atoms with E-state index in [9.17, 15) is 0 Å². The van der Waals surface area contributed by atoms with Gasteiger partial charge in [0.25, 0.3) is 0 Å². The van der Waals surface area contributed by atoms with E-state index < -0.39 is 0 Å². The molecule has 0 rings (SSSR count). The Morgan fingerprint density at radius 2 is 1.00 bits per heavy atom. The number of hydrogen-bond acceptors (Lipinski definition) is 2. The molecule has 0 bridgehead atoms. The monoisotopic (exact) mass is 269 g/mol. The predicted molar refractivity (Wildman–Crippen MR) is 44.0 cm³/mol. The standard InChI is InChI=1S/2C4H10O.2ClH.V/c2*1-2-3-4-5;;;/h2*5H,2-4H2,1H3;2*1H;/q;;;;+2/p-2. The van der Waals surface area contributed by atoms with Crippen molar-refractivity contribution in [2.24, 2.45) is 0 Å². The van der Waals surface area contributed by atoms with Crippen molar-refractivity contribution in [3.05, 3.63) is 0 Å². The summed E-state index contributed by atoms with van der Waals surface area (Å²) in [6.07, 6.45) is 4.08. The number of aliphatic hydroxyl groups excluding tert-OH is 2. The van der Waals surface area contributed by atoms with E-state index in [0.29, 0.717) is 13.2 Å². The van der Waals surface area contributed by atoms with Gasteiger partial charge < -0.3 is 35.0 Å². The normalized spacial score (nSPS) is 6.46. The van der Waals surface area contributed by atoms with Crippen LogP contribution in [-0.4, -0.2) is 23.4 Å². The molecule has 0 spiro atoms. The summed E-state index contributed by atoms with van der Waals surface area (Å²) >= 11 is 0. The Morgan fingerprint density at radius 3 is 1.00 bits per heavy atom. The number of aliphatic hydroxyl groups is 2. The largest absolute Gasteiger partial charge is 2.00 e. The van der Waals surface area contributed by atoms with Crippen LogP contribution < -0.4 is 24.8 Å². The first-order valence-corrected chi connectivity index (χ1v) is 4.05. The van der Waals surface area contributed by atoms with Crippen LogP contribution in [0.5, 0.6) is 0 Å². The molecule has 2 N–H and O–H groups in total. The van der Waals surface area contributed by atoms with E-state index in [4.69, 9.17) is 10.2 Å². The molecule has 0 atom stereocenters. The van der Waals surface area contributed by atoms with E-state index in [1.807, 2.05) is 0 Å². The molecule has 1 radical (unpaired) electrons. The summed E-state index contributed by atoms with van der Waals surface area (Å²) in [5.41, 5.74) is 0. The van der Waals surface area contributed by atoms with E-state index in [0.717, 1.165) is 25.7 Å². The molecule has 0 aromatic rings. The fraction of sp³-hybridized carbons (Fsp3) is 1.00. The summed E-state index contributed by atoms with van der Waals surface area (Å²) in [6, 6.07) is 0. The first-order chi connectivity index (χ1) is 4.83. The SMILES string of the molecule is CCCCO.CCCCO.[Cl-].[Cl-].[V+2]. The molecule has 83 valence electrons. The molecule has 0 amide bonds. The second-order valence-corrected chi connectivity index (χ2v) is 2.15. The second kappa shape index (κ2) is 38.1. The molecule has 0 saturated heterocycles. The van der Waals surface area contributed by atoms with Crippen LogP contribution in [-0.2, 0) is 18.6 Å².